The van der Waals surface area contributed by atoms with Crippen LogP contribution in [-0.2, 0) is 15.9 Å². The predicted octanol–water partition coefficient (Wildman–Crippen LogP) is 2.77. The number of nitrogens with zero attached hydrogens (tertiary/aromatic N) is 1. The summed E-state index contributed by atoms with van der Waals surface area (Å²) in [5.74, 6) is 0.415. The Labute approximate surface area is 153 Å². The third kappa shape index (κ3) is 7.59. The first-order valence-corrected chi connectivity index (χ1v) is 9.14. The molecule has 0 amide bonds. The predicted molar refractivity (Wildman–Crippen MR) is 98.9 cm³/mol. The summed E-state index contributed by atoms with van der Waals surface area (Å²) >= 11 is 6.02. The lowest BCUT2D eigenvalue weighted by Gasteiger charge is -2.13. The molecule has 1 aromatic rings. The summed E-state index contributed by atoms with van der Waals surface area (Å²) in [6.07, 6.45) is 4.12. The van der Waals surface area contributed by atoms with E-state index in [2.05, 4.69) is 15.6 Å². The normalized spacial score (nSPS) is 17.7. The van der Waals surface area contributed by atoms with Crippen LogP contribution in [0.25, 0.3) is 0 Å². The summed E-state index contributed by atoms with van der Waals surface area (Å²) in [4.78, 5) is 4.18. The Morgan fingerprint density at radius 1 is 1.40 bits per heavy atom. The Morgan fingerprint density at radius 2 is 2.24 bits per heavy atom. The van der Waals surface area contributed by atoms with Crippen LogP contribution in [0.5, 0.6) is 0 Å². The summed E-state index contributed by atoms with van der Waals surface area (Å²) in [7, 11) is 1.73. The van der Waals surface area contributed by atoms with Crippen LogP contribution in [0.15, 0.2) is 23.2 Å². The zero-order valence-corrected chi connectivity index (χ0v) is 15.4. The molecule has 0 saturated carbocycles. The van der Waals surface area contributed by atoms with Gasteiger partial charge in [0.15, 0.2) is 5.96 Å². The van der Waals surface area contributed by atoms with E-state index in [0.717, 1.165) is 43.9 Å². The Bertz CT molecular complexity index is 551. The second-order valence-corrected chi connectivity index (χ2v) is 6.38. The van der Waals surface area contributed by atoms with Gasteiger partial charge in [-0.15, -0.1) is 0 Å². The van der Waals surface area contributed by atoms with Crippen molar-refractivity contribution in [2.45, 2.75) is 31.8 Å². The molecule has 5 nitrogen and oxygen atoms in total. The van der Waals surface area contributed by atoms with Crippen molar-refractivity contribution in [1.82, 2.24) is 10.6 Å². The zero-order valence-electron chi connectivity index (χ0n) is 14.7. The highest BCUT2D eigenvalue weighted by Crippen LogP contribution is 2.17. The fourth-order valence-corrected chi connectivity index (χ4v) is 2.89. The molecular formula is C18H27ClFN3O2. The van der Waals surface area contributed by atoms with Crippen LogP contribution in [0.4, 0.5) is 4.39 Å². The molecule has 1 saturated heterocycles. The van der Waals surface area contributed by atoms with Crippen molar-refractivity contribution < 1.29 is 13.9 Å². The lowest BCUT2D eigenvalue weighted by Crippen LogP contribution is -2.39. The quantitative estimate of drug-likeness (QED) is 0.398. The van der Waals surface area contributed by atoms with E-state index in [0.29, 0.717) is 31.2 Å². The fraction of sp³-hybridized carbons (Fsp3) is 0.611. The van der Waals surface area contributed by atoms with Crippen molar-refractivity contribution in [1.29, 1.82) is 0 Å². The molecule has 1 aliphatic heterocycles. The topological polar surface area (TPSA) is 54.9 Å². The van der Waals surface area contributed by atoms with Crippen LogP contribution in [0.1, 0.15) is 24.8 Å². The van der Waals surface area contributed by atoms with Gasteiger partial charge in [-0.1, -0.05) is 17.7 Å². The molecule has 1 unspecified atom stereocenters. The van der Waals surface area contributed by atoms with E-state index in [-0.39, 0.29) is 11.9 Å². The van der Waals surface area contributed by atoms with Crippen molar-refractivity contribution in [3.8, 4) is 0 Å². The lowest BCUT2D eigenvalue weighted by molar-refractivity contribution is 0.0168. The maximum absolute atomic E-state index is 13.0. The van der Waals surface area contributed by atoms with Crippen molar-refractivity contribution in [2.75, 3.05) is 40.0 Å². The Kier molecular flexibility index (Phi) is 9.00. The molecule has 7 heteroatoms. The maximum Gasteiger partial charge on any atom is 0.190 e. The summed E-state index contributed by atoms with van der Waals surface area (Å²) < 4.78 is 24.2. The Morgan fingerprint density at radius 3 is 2.96 bits per heavy atom. The van der Waals surface area contributed by atoms with Gasteiger partial charge in [-0.05, 0) is 43.4 Å². The molecule has 25 heavy (non-hydrogen) atoms. The zero-order chi connectivity index (χ0) is 17.9. The smallest absolute Gasteiger partial charge is 0.190 e. The van der Waals surface area contributed by atoms with Gasteiger partial charge in [0.05, 0.1) is 12.7 Å². The number of rotatable bonds is 9. The number of nitrogens with one attached hydrogen (secondary N) is 2. The lowest BCUT2D eigenvalue weighted by atomic mass is 10.1. The molecule has 0 aliphatic carbocycles. The molecule has 2 rings (SSSR count). The molecular weight excluding hydrogens is 345 g/mol. The minimum Gasteiger partial charge on any atom is -0.379 e. The van der Waals surface area contributed by atoms with Crippen molar-refractivity contribution in [2.24, 2.45) is 4.99 Å². The van der Waals surface area contributed by atoms with Gasteiger partial charge in [0.25, 0.3) is 0 Å². The number of benzene rings is 1. The minimum absolute atomic E-state index is 0.278. The monoisotopic (exact) mass is 371 g/mol. The largest absolute Gasteiger partial charge is 0.379 e. The van der Waals surface area contributed by atoms with Gasteiger partial charge in [-0.3, -0.25) is 4.99 Å². The number of hydrogen-bond acceptors (Lipinski definition) is 3. The third-order valence-electron chi connectivity index (χ3n) is 4.01. The first kappa shape index (κ1) is 19.9. The van der Waals surface area contributed by atoms with Gasteiger partial charge in [0.1, 0.15) is 5.82 Å². The molecule has 2 N–H and O–H groups in total. The first-order chi connectivity index (χ1) is 12.2. The molecule has 1 fully saturated rings. The van der Waals surface area contributed by atoms with E-state index in [1.807, 2.05) is 0 Å². The SMILES string of the molecule is CN=C(NCCCOCC1CCCO1)NCCc1ccc(F)cc1Cl. The van der Waals surface area contributed by atoms with Gasteiger partial charge >= 0.3 is 0 Å². The summed E-state index contributed by atoms with van der Waals surface area (Å²) in [5.41, 5.74) is 0.911. The van der Waals surface area contributed by atoms with Crippen molar-refractivity contribution in [3.05, 3.63) is 34.6 Å². The van der Waals surface area contributed by atoms with Gasteiger partial charge in [0.2, 0.25) is 0 Å². The van der Waals surface area contributed by atoms with Crippen LogP contribution in [-0.4, -0.2) is 52.0 Å². The highest BCUT2D eigenvalue weighted by Gasteiger charge is 2.14. The average molecular weight is 372 g/mol. The van der Waals surface area contributed by atoms with Gasteiger partial charge in [0, 0.05) is 38.4 Å². The summed E-state index contributed by atoms with van der Waals surface area (Å²) in [5, 5.41) is 6.92. The molecule has 1 aromatic carbocycles. The average Bonchev–Trinajstić information content (AvgIpc) is 3.11. The highest BCUT2D eigenvalue weighted by atomic mass is 35.5. The highest BCUT2D eigenvalue weighted by molar-refractivity contribution is 6.31. The van der Waals surface area contributed by atoms with Gasteiger partial charge in [-0.25, -0.2) is 4.39 Å². The maximum atomic E-state index is 13.0. The van der Waals surface area contributed by atoms with E-state index in [4.69, 9.17) is 21.1 Å². The van der Waals surface area contributed by atoms with E-state index >= 15 is 0 Å². The second kappa shape index (κ2) is 11.3. The third-order valence-corrected chi connectivity index (χ3v) is 4.36. The van der Waals surface area contributed by atoms with Gasteiger partial charge in [-0.2, -0.15) is 0 Å². The van der Waals surface area contributed by atoms with Crippen LogP contribution in [0.3, 0.4) is 0 Å². The summed E-state index contributed by atoms with van der Waals surface area (Å²) in [6.45, 7) is 3.70. The molecule has 1 aliphatic rings. The standard InChI is InChI=1S/C18H27ClFN3O2/c1-21-18(22-8-3-10-24-13-16-4-2-11-25-16)23-9-7-14-5-6-15(20)12-17(14)19/h5-6,12,16H,2-4,7-11,13H2,1H3,(H2,21,22,23). The number of hydrogen-bond donors (Lipinski definition) is 2. The molecule has 1 heterocycles. The van der Waals surface area contributed by atoms with E-state index in [1.165, 1.54) is 12.1 Å². The first-order valence-electron chi connectivity index (χ1n) is 8.77. The number of ether oxygens (including phenoxy) is 2. The Balaban J connectivity index is 1.54. The van der Waals surface area contributed by atoms with Crippen molar-refractivity contribution in [3.63, 3.8) is 0 Å². The van der Waals surface area contributed by atoms with Crippen molar-refractivity contribution >= 4 is 17.6 Å². The second-order valence-electron chi connectivity index (χ2n) is 5.97. The molecule has 0 aromatic heterocycles. The molecule has 1 atom stereocenters. The van der Waals surface area contributed by atoms with Crippen LogP contribution in [0, 0.1) is 5.82 Å². The molecule has 140 valence electrons. The Hall–Kier alpha value is -1.37. The van der Waals surface area contributed by atoms with Crippen LogP contribution >= 0.6 is 11.6 Å². The molecule has 0 spiro atoms. The summed E-state index contributed by atoms with van der Waals surface area (Å²) in [6, 6.07) is 4.46. The number of halogens is 2. The van der Waals surface area contributed by atoms with Crippen LogP contribution in [0.2, 0.25) is 5.02 Å². The molecule has 0 bridgehead atoms. The van der Waals surface area contributed by atoms with E-state index in [1.54, 1.807) is 13.1 Å². The van der Waals surface area contributed by atoms with E-state index < -0.39 is 0 Å². The minimum atomic E-state index is -0.319. The number of aliphatic imine (C=N–C) groups is 1. The van der Waals surface area contributed by atoms with Crippen LogP contribution < -0.4 is 10.6 Å². The number of guanidine groups is 1. The molecule has 0 radical (unpaired) electrons. The van der Waals surface area contributed by atoms with Gasteiger partial charge < -0.3 is 20.1 Å². The fourth-order valence-electron chi connectivity index (χ4n) is 2.63. The van der Waals surface area contributed by atoms with E-state index in [9.17, 15) is 4.39 Å².